The quantitative estimate of drug-likeness (QED) is 0.633. The van der Waals surface area contributed by atoms with Gasteiger partial charge in [0.15, 0.2) is 17.3 Å². The van der Waals surface area contributed by atoms with Crippen molar-refractivity contribution in [1.82, 2.24) is 4.90 Å². The van der Waals surface area contributed by atoms with Gasteiger partial charge in [-0.2, -0.15) is 8.42 Å². The molecule has 2 aliphatic rings. The number of anilines is 1. The molecular weight excluding hydrogens is 434 g/mol. The molecule has 2 heterocycles. The van der Waals surface area contributed by atoms with Crippen molar-refractivity contribution in [2.45, 2.75) is 23.8 Å². The third kappa shape index (κ3) is 4.28. The van der Waals surface area contributed by atoms with Crippen LogP contribution < -0.4 is 14.8 Å². The van der Waals surface area contributed by atoms with Gasteiger partial charge >= 0.3 is 0 Å². The molecule has 0 spiro atoms. The van der Waals surface area contributed by atoms with Crippen LogP contribution in [0.15, 0.2) is 51.8 Å². The molecule has 2 aromatic carbocycles. The zero-order chi connectivity index (χ0) is 22.7. The first-order valence-corrected chi connectivity index (χ1v) is 11.7. The van der Waals surface area contributed by atoms with Gasteiger partial charge in [-0.3, -0.25) is 4.79 Å². The number of hydrogen-bond donors (Lipinski definition) is 1. The zero-order valence-electron chi connectivity index (χ0n) is 17.9. The van der Waals surface area contributed by atoms with Crippen LogP contribution in [0.4, 0.5) is 5.69 Å². The van der Waals surface area contributed by atoms with Crippen LogP contribution >= 0.6 is 0 Å². The summed E-state index contributed by atoms with van der Waals surface area (Å²) in [5, 5.41) is 2.91. The molecule has 0 radical (unpaired) electrons. The third-order valence-corrected chi connectivity index (χ3v) is 6.74. The van der Waals surface area contributed by atoms with Gasteiger partial charge in [-0.25, -0.2) is 0 Å². The molecule has 2 aromatic rings. The zero-order valence-corrected chi connectivity index (χ0v) is 18.7. The molecule has 0 bridgehead atoms. The SMILES string of the molecule is COCCOc1cc(NC(=O)[C@@H]2CCCN2C2=NS(=O)(=O)c3ccccc32)ccc1OC. The molecule has 1 N–H and O–H groups in total. The number of ether oxygens (including phenoxy) is 3. The number of methoxy groups -OCH3 is 2. The van der Waals surface area contributed by atoms with Gasteiger partial charge < -0.3 is 24.4 Å². The molecule has 10 heteroatoms. The van der Waals surface area contributed by atoms with Crippen LogP contribution in [-0.2, 0) is 19.6 Å². The number of fused-ring (bicyclic) bond motifs is 1. The Morgan fingerprint density at radius 1 is 1.16 bits per heavy atom. The van der Waals surface area contributed by atoms with Crippen LogP contribution in [0.25, 0.3) is 0 Å². The van der Waals surface area contributed by atoms with E-state index in [-0.39, 0.29) is 10.8 Å². The number of hydrogen-bond acceptors (Lipinski definition) is 7. The lowest BCUT2D eigenvalue weighted by molar-refractivity contribution is -0.119. The number of amides is 1. The van der Waals surface area contributed by atoms with Crippen LogP contribution in [0, 0.1) is 0 Å². The fourth-order valence-electron chi connectivity index (χ4n) is 3.92. The van der Waals surface area contributed by atoms with Crippen molar-refractivity contribution >= 4 is 27.5 Å². The van der Waals surface area contributed by atoms with E-state index in [0.717, 1.165) is 6.42 Å². The number of nitrogens with zero attached hydrogens (tertiary/aromatic N) is 2. The van der Waals surface area contributed by atoms with E-state index in [0.29, 0.717) is 54.8 Å². The number of rotatable bonds is 7. The minimum absolute atomic E-state index is 0.175. The number of likely N-dealkylation sites (tertiary alicyclic amines) is 1. The van der Waals surface area contributed by atoms with Crippen molar-refractivity contribution in [2.24, 2.45) is 4.40 Å². The predicted octanol–water partition coefficient (Wildman–Crippen LogP) is 2.27. The van der Waals surface area contributed by atoms with E-state index >= 15 is 0 Å². The fraction of sp³-hybridized carbons (Fsp3) is 0.364. The number of carbonyl (C=O) groups excluding carboxylic acids is 1. The third-order valence-electron chi connectivity index (χ3n) is 5.42. The van der Waals surface area contributed by atoms with Gasteiger partial charge in [0.25, 0.3) is 10.0 Å². The minimum atomic E-state index is -3.75. The van der Waals surface area contributed by atoms with Gasteiger partial charge in [0.2, 0.25) is 5.91 Å². The summed E-state index contributed by atoms with van der Waals surface area (Å²) in [6.07, 6.45) is 1.35. The van der Waals surface area contributed by atoms with E-state index in [1.807, 2.05) is 0 Å². The van der Waals surface area contributed by atoms with Crippen LogP contribution in [0.5, 0.6) is 11.5 Å². The molecule has 32 heavy (non-hydrogen) atoms. The highest BCUT2D eigenvalue weighted by Crippen LogP contribution is 2.33. The Hall–Kier alpha value is -3.11. The molecule has 1 amide bonds. The van der Waals surface area contributed by atoms with E-state index in [9.17, 15) is 13.2 Å². The topological polar surface area (TPSA) is 107 Å². The number of nitrogens with one attached hydrogen (secondary N) is 1. The molecule has 170 valence electrons. The molecule has 1 atom stereocenters. The van der Waals surface area contributed by atoms with Crippen molar-refractivity contribution in [1.29, 1.82) is 0 Å². The Balaban J connectivity index is 1.54. The summed E-state index contributed by atoms with van der Waals surface area (Å²) >= 11 is 0. The Bertz CT molecular complexity index is 1150. The molecule has 0 aliphatic carbocycles. The highest BCUT2D eigenvalue weighted by Gasteiger charge is 2.39. The van der Waals surface area contributed by atoms with Crippen LogP contribution in [0.1, 0.15) is 18.4 Å². The Morgan fingerprint density at radius 3 is 2.75 bits per heavy atom. The van der Waals surface area contributed by atoms with E-state index in [2.05, 4.69) is 9.71 Å². The first-order chi connectivity index (χ1) is 15.4. The Morgan fingerprint density at radius 2 is 1.97 bits per heavy atom. The maximum absolute atomic E-state index is 13.1. The van der Waals surface area contributed by atoms with Crippen LogP contribution in [0.3, 0.4) is 0 Å². The Labute approximate surface area is 187 Å². The second-order valence-electron chi connectivity index (χ2n) is 7.43. The minimum Gasteiger partial charge on any atom is -0.493 e. The van der Waals surface area contributed by atoms with Crippen molar-refractivity contribution in [2.75, 3.05) is 39.3 Å². The van der Waals surface area contributed by atoms with Gasteiger partial charge in [0.1, 0.15) is 17.5 Å². The fourth-order valence-corrected chi connectivity index (χ4v) is 5.13. The molecule has 4 rings (SSSR count). The molecule has 2 aliphatic heterocycles. The monoisotopic (exact) mass is 459 g/mol. The van der Waals surface area contributed by atoms with Crippen molar-refractivity contribution in [3.05, 3.63) is 48.0 Å². The molecule has 1 fully saturated rings. The van der Waals surface area contributed by atoms with E-state index in [4.69, 9.17) is 14.2 Å². The summed E-state index contributed by atoms with van der Waals surface area (Å²) in [4.78, 5) is 15.1. The van der Waals surface area contributed by atoms with Gasteiger partial charge in [0.05, 0.1) is 13.7 Å². The highest BCUT2D eigenvalue weighted by atomic mass is 32.2. The lowest BCUT2D eigenvalue weighted by atomic mass is 10.1. The molecule has 1 saturated heterocycles. The second-order valence-corrected chi connectivity index (χ2v) is 9.01. The van der Waals surface area contributed by atoms with Gasteiger partial charge in [-0.15, -0.1) is 4.40 Å². The second kappa shape index (κ2) is 9.17. The molecule has 0 unspecified atom stereocenters. The number of amidine groups is 1. The van der Waals surface area contributed by atoms with Crippen LogP contribution in [0.2, 0.25) is 0 Å². The number of sulfonamides is 1. The summed E-state index contributed by atoms with van der Waals surface area (Å²) in [5.41, 5.74) is 1.09. The Kier molecular flexibility index (Phi) is 6.33. The normalized spacial score (nSPS) is 18.8. The average Bonchev–Trinajstić information content (AvgIpc) is 3.37. The summed E-state index contributed by atoms with van der Waals surface area (Å²) < 4.78 is 44.9. The lowest BCUT2D eigenvalue weighted by Gasteiger charge is -2.25. The number of benzene rings is 2. The first kappa shape index (κ1) is 22.1. The highest BCUT2D eigenvalue weighted by molar-refractivity contribution is 7.90. The summed E-state index contributed by atoms with van der Waals surface area (Å²) in [6.45, 7) is 1.31. The lowest BCUT2D eigenvalue weighted by Crippen LogP contribution is -2.43. The van der Waals surface area contributed by atoms with Gasteiger partial charge in [-0.1, -0.05) is 12.1 Å². The standard InChI is InChI=1S/C22H25N3O6S/c1-29-12-13-31-19-14-15(9-10-18(19)30-2)23-22(26)17-7-5-11-25(17)21-16-6-3-4-8-20(16)32(27,28)24-21/h3-4,6,8-10,14,17H,5,7,11-13H2,1-2H3,(H,23,26)/t17-/m0/s1. The molecule has 0 saturated carbocycles. The molecular formula is C22H25N3O6S. The van der Waals surface area contributed by atoms with Crippen molar-refractivity contribution < 1.29 is 27.4 Å². The maximum atomic E-state index is 13.1. The largest absolute Gasteiger partial charge is 0.493 e. The smallest absolute Gasteiger partial charge is 0.285 e. The summed E-state index contributed by atoms with van der Waals surface area (Å²) in [7, 11) is -0.622. The van der Waals surface area contributed by atoms with E-state index in [1.165, 1.54) is 6.07 Å². The van der Waals surface area contributed by atoms with Crippen LogP contribution in [-0.4, -0.2) is 65.1 Å². The predicted molar refractivity (Wildman–Crippen MR) is 119 cm³/mol. The van der Waals surface area contributed by atoms with E-state index < -0.39 is 16.1 Å². The number of carbonyl (C=O) groups is 1. The summed E-state index contributed by atoms with van der Waals surface area (Å²) in [5.74, 6) is 1.13. The van der Waals surface area contributed by atoms with E-state index in [1.54, 1.807) is 55.5 Å². The average molecular weight is 460 g/mol. The van der Waals surface area contributed by atoms with Crippen molar-refractivity contribution in [3.63, 3.8) is 0 Å². The molecule has 0 aromatic heterocycles. The summed E-state index contributed by atoms with van der Waals surface area (Å²) in [6, 6.07) is 11.3. The molecule has 9 nitrogen and oxygen atoms in total. The van der Waals surface area contributed by atoms with Gasteiger partial charge in [0, 0.05) is 31.0 Å². The van der Waals surface area contributed by atoms with Gasteiger partial charge in [-0.05, 0) is 37.1 Å². The van der Waals surface area contributed by atoms with Crippen molar-refractivity contribution in [3.8, 4) is 11.5 Å². The first-order valence-electron chi connectivity index (χ1n) is 10.3. The maximum Gasteiger partial charge on any atom is 0.285 e.